The number of phenols is 1. The number of phenolic OH excluding ortho intramolecular Hbond substituents is 1. The Bertz CT molecular complexity index is 333. The molecule has 1 N–H and O–H groups in total. The molecule has 1 saturated heterocycles. The number of rotatable bonds is 2. The minimum Gasteiger partial charge on any atom is -0.508 e. The zero-order valence-corrected chi connectivity index (χ0v) is 9.77. The van der Waals surface area contributed by atoms with Crippen molar-refractivity contribution in [2.75, 3.05) is 13.2 Å². The average Bonchev–Trinajstić information content (AvgIpc) is 2.24. The Morgan fingerprint density at radius 3 is 2.31 bits per heavy atom. The molecule has 3 heteroatoms. The number of hydrogen-bond acceptors (Lipinski definition) is 3. The first-order valence-corrected chi connectivity index (χ1v) is 5.61. The van der Waals surface area contributed by atoms with Gasteiger partial charge in [0.15, 0.2) is 5.79 Å². The van der Waals surface area contributed by atoms with Gasteiger partial charge in [0.25, 0.3) is 0 Å². The molecule has 1 aliphatic heterocycles. The van der Waals surface area contributed by atoms with Gasteiger partial charge in [-0.05, 0) is 38.0 Å². The predicted octanol–water partition coefficient (Wildman–Crippen LogP) is 2.33. The minimum atomic E-state index is -0.439. The lowest BCUT2D eigenvalue weighted by Crippen LogP contribution is -2.39. The SMILES string of the molecule is CC1(C)OCC(Cc2ccc(O)cc2)CO1. The van der Waals surface area contributed by atoms with E-state index in [1.54, 1.807) is 12.1 Å². The van der Waals surface area contributed by atoms with E-state index in [0.717, 1.165) is 19.6 Å². The molecule has 0 radical (unpaired) electrons. The third kappa shape index (κ3) is 2.97. The maximum atomic E-state index is 9.18. The molecular formula is C13H18O3. The van der Waals surface area contributed by atoms with E-state index in [4.69, 9.17) is 9.47 Å². The summed E-state index contributed by atoms with van der Waals surface area (Å²) in [6.07, 6.45) is 0.927. The van der Waals surface area contributed by atoms with E-state index in [9.17, 15) is 5.11 Å². The second kappa shape index (κ2) is 4.44. The monoisotopic (exact) mass is 222 g/mol. The lowest BCUT2D eigenvalue weighted by atomic mass is 10.00. The lowest BCUT2D eigenvalue weighted by molar-refractivity contribution is -0.261. The summed E-state index contributed by atoms with van der Waals surface area (Å²) >= 11 is 0. The zero-order chi connectivity index (χ0) is 11.6. The zero-order valence-electron chi connectivity index (χ0n) is 9.77. The first-order valence-electron chi connectivity index (χ1n) is 5.61. The van der Waals surface area contributed by atoms with Crippen LogP contribution in [0.4, 0.5) is 0 Å². The molecule has 0 atom stereocenters. The van der Waals surface area contributed by atoms with Crippen molar-refractivity contribution >= 4 is 0 Å². The van der Waals surface area contributed by atoms with Crippen molar-refractivity contribution in [1.29, 1.82) is 0 Å². The minimum absolute atomic E-state index is 0.307. The van der Waals surface area contributed by atoms with Crippen LogP contribution in [0.5, 0.6) is 5.75 Å². The predicted molar refractivity (Wildman–Crippen MR) is 61.3 cm³/mol. The van der Waals surface area contributed by atoms with Crippen LogP contribution in [0.1, 0.15) is 19.4 Å². The standard InChI is InChI=1S/C13H18O3/c1-13(2)15-8-11(9-16-13)7-10-3-5-12(14)6-4-10/h3-6,11,14H,7-9H2,1-2H3. The summed E-state index contributed by atoms with van der Waals surface area (Å²) in [5.41, 5.74) is 1.20. The summed E-state index contributed by atoms with van der Waals surface area (Å²) in [7, 11) is 0. The van der Waals surface area contributed by atoms with Gasteiger partial charge in [-0.2, -0.15) is 0 Å². The molecule has 16 heavy (non-hydrogen) atoms. The van der Waals surface area contributed by atoms with Gasteiger partial charge in [-0.3, -0.25) is 0 Å². The molecule has 0 unspecified atom stereocenters. The molecular weight excluding hydrogens is 204 g/mol. The Morgan fingerprint density at radius 1 is 1.19 bits per heavy atom. The molecule has 0 amide bonds. The fourth-order valence-electron chi connectivity index (χ4n) is 1.81. The van der Waals surface area contributed by atoms with Crippen molar-refractivity contribution in [3.05, 3.63) is 29.8 Å². The highest BCUT2D eigenvalue weighted by atomic mass is 16.7. The molecule has 1 fully saturated rings. The second-order valence-electron chi connectivity index (χ2n) is 4.76. The Labute approximate surface area is 96.0 Å². The van der Waals surface area contributed by atoms with Crippen LogP contribution in [-0.2, 0) is 15.9 Å². The number of aromatic hydroxyl groups is 1. The molecule has 1 aromatic rings. The van der Waals surface area contributed by atoms with E-state index in [0.29, 0.717) is 11.7 Å². The Kier molecular flexibility index (Phi) is 3.17. The first kappa shape index (κ1) is 11.4. The van der Waals surface area contributed by atoms with Crippen molar-refractivity contribution in [1.82, 2.24) is 0 Å². The van der Waals surface area contributed by atoms with Crippen molar-refractivity contribution in [2.24, 2.45) is 5.92 Å². The van der Waals surface area contributed by atoms with Crippen LogP contribution >= 0.6 is 0 Å². The van der Waals surface area contributed by atoms with Gasteiger partial charge < -0.3 is 14.6 Å². The van der Waals surface area contributed by atoms with Crippen molar-refractivity contribution in [3.63, 3.8) is 0 Å². The Balaban J connectivity index is 1.89. The summed E-state index contributed by atoms with van der Waals surface area (Å²) in [4.78, 5) is 0. The van der Waals surface area contributed by atoms with E-state index in [1.807, 2.05) is 26.0 Å². The molecule has 88 valence electrons. The Morgan fingerprint density at radius 2 is 1.75 bits per heavy atom. The summed E-state index contributed by atoms with van der Waals surface area (Å²) < 4.78 is 11.2. The molecule has 2 rings (SSSR count). The first-order chi connectivity index (χ1) is 7.55. The van der Waals surface area contributed by atoms with Gasteiger partial charge in [-0.15, -0.1) is 0 Å². The van der Waals surface area contributed by atoms with E-state index in [1.165, 1.54) is 5.56 Å². The van der Waals surface area contributed by atoms with Crippen LogP contribution in [-0.4, -0.2) is 24.1 Å². The van der Waals surface area contributed by atoms with Crippen LogP contribution in [0.2, 0.25) is 0 Å². The topological polar surface area (TPSA) is 38.7 Å². The maximum Gasteiger partial charge on any atom is 0.162 e. The summed E-state index contributed by atoms with van der Waals surface area (Å²) in [6.45, 7) is 5.33. The van der Waals surface area contributed by atoms with Gasteiger partial charge in [0.2, 0.25) is 0 Å². The highest BCUT2D eigenvalue weighted by Crippen LogP contribution is 2.23. The average molecular weight is 222 g/mol. The van der Waals surface area contributed by atoms with Crippen LogP contribution in [0, 0.1) is 5.92 Å². The summed E-state index contributed by atoms with van der Waals surface area (Å²) in [6, 6.07) is 7.30. The molecule has 0 saturated carbocycles. The normalized spacial score (nSPS) is 20.9. The van der Waals surface area contributed by atoms with Crippen LogP contribution in [0.3, 0.4) is 0 Å². The van der Waals surface area contributed by atoms with E-state index in [2.05, 4.69) is 0 Å². The van der Waals surface area contributed by atoms with E-state index >= 15 is 0 Å². The van der Waals surface area contributed by atoms with Gasteiger partial charge >= 0.3 is 0 Å². The highest BCUT2D eigenvalue weighted by molar-refractivity contribution is 5.26. The fraction of sp³-hybridized carbons (Fsp3) is 0.538. The van der Waals surface area contributed by atoms with E-state index < -0.39 is 5.79 Å². The number of benzene rings is 1. The van der Waals surface area contributed by atoms with Crippen LogP contribution < -0.4 is 0 Å². The number of hydrogen-bond donors (Lipinski definition) is 1. The fourth-order valence-corrected chi connectivity index (χ4v) is 1.81. The van der Waals surface area contributed by atoms with Gasteiger partial charge in [-0.1, -0.05) is 12.1 Å². The van der Waals surface area contributed by atoms with Gasteiger partial charge in [-0.25, -0.2) is 0 Å². The number of ether oxygens (including phenoxy) is 2. The van der Waals surface area contributed by atoms with Crippen molar-refractivity contribution < 1.29 is 14.6 Å². The second-order valence-corrected chi connectivity index (χ2v) is 4.76. The van der Waals surface area contributed by atoms with Crippen LogP contribution in [0.25, 0.3) is 0 Å². The molecule has 0 bridgehead atoms. The van der Waals surface area contributed by atoms with Gasteiger partial charge in [0.05, 0.1) is 13.2 Å². The lowest BCUT2D eigenvalue weighted by Gasteiger charge is -2.35. The third-order valence-corrected chi connectivity index (χ3v) is 2.79. The molecule has 0 aliphatic carbocycles. The molecule has 0 spiro atoms. The quantitative estimate of drug-likeness (QED) is 0.834. The molecule has 1 heterocycles. The maximum absolute atomic E-state index is 9.18. The van der Waals surface area contributed by atoms with Crippen molar-refractivity contribution in [2.45, 2.75) is 26.1 Å². The van der Waals surface area contributed by atoms with Crippen molar-refractivity contribution in [3.8, 4) is 5.75 Å². The summed E-state index contributed by atoms with van der Waals surface area (Å²) in [5.74, 6) is 0.268. The summed E-state index contributed by atoms with van der Waals surface area (Å²) in [5, 5.41) is 9.18. The molecule has 0 aromatic heterocycles. The van der Waals surface area contributed by atoms with Gasteiger partial charge in [0, 0.05) is 5.92 Å². The largest absolute Gasteiger partial charge is 0.508 e. The van der Waals surface area contributed by atoms with Gasteiger partial charge in [0.1, 0.15) is 5.75 Å². The highest BCUT2D eigenvalue weighted by Gasteiger charge is 2.28. The van der Waals surface area contributed by atoms with Crippen LogP contribution in [0.15, 0.2) is 24.3 Å². The molecule has 1 aliphatic rings. The molecule has 3 nitrogen and oxygen atoms in total. The molecule has 1 aromatic carbocycles. The third-order valence-electron chi connectivity index (χ3n) is 2.79. The Hall–Kier alpha value is -1.06. The van der Waals surface area contributed by atoms with E-state index in [-0.39, 0.29) is 0 Å². The smallest absolute Gasteiger partial charge is 0.162 e.